The van der Waals surface area contributed by atoms with E-state index in [1.54, 1.807) is 0 Å². The Morgan fingerprint density at radius 3 is 2.30 bits per heavy atom. The van der Waals surface area contributed by atoms with Crippen LogP contribution in [0.25, 0.3) is 0 Å². The van der Waals surface area contributed by atoms with E-state index in [2.05, 4.69) is 4.90 Å². The van der Waals surface area contributed by atoms with Gasteiger partial charge in [0.2, 0.25) is 0 Å². The molecule has 2 aliphatic heterocycles. The molecule has 1 N–H and O–H groups in total. The average molecular weight is 324 g/mol. The van der Waals surface area contributed by atoms with Gasteiger partial charge in [0, 0.05) is 32.1 Å². The Labute approximate surface area is 136 Å². The lowest BCUT2D eigenvalue weighted by atomic mass is 9.91. The lowest BCUT2D eigenvalue weighted by Crippen LogP contribution is -2.52. The number of hydrogen-bond donors (Lipinski definition) is 1. The highest BCUT2D eigenvalue weighted by Gasteiger charge is 2.45. The fourth-order valence-corrected chi connectivity index (χ4v) is 3.67. The van der Waals surface area contributed by atoms with Crippen molar-refractivity contribution in [2.24, 2.45) is 5.92 Å². The largest absolute Gasteiger partial charge is 0.393 e. The number of nitrogens with zero attached hydrogens (tertiary/aromatic N) is 2. The smallest absolute Gasteiger partial charge is 0.264 e. The number of halogens is 2. The Balaban J connectivity index is 1.53. The molecule has 0 bridgehead atoms. The molecule has 0 amide bonds. The summed E-state index contributed by atoms with van der Waals surface area (Å²) in [4.78, 5) is 3.96. The predicted octanol–water partition coefficient (Wildman–Crippen LogP) is 2.60. The Morgan fingerprint density at radius 1 is 1.00 bits per heavy atom. The minimum Gasteiger partial charge on any atom is -0.393 e. The van der Waals surface area contributed by atoms with Crippen molar-refractivity contribution in [1.82, 2.24) is 9.80 Å². The maximum Gasteiger partial charge on any atom is 0.264 e. The van der Waals surface area contributed by atoms with Gasteiger partial charge in [-0.15, -0.1) is 0 Å². The zero-order valence-electron chi connectivity index (χ0n) is 13.5. The first-order valence-corrected chi connectivity index (χ1v) is 8.57. The molecule has 0 saturated carbocycles. The molecular formula is C18H26F2N2O. The van der Waals surface area contributed by atoms with E-state index >= 15 is 0 Å². The summed E-state index contributed by atoms with van der Waals surface area (Å²) in [6.45, 7) is 3.11. The molecule has 2 heterocycles. The van der Waals surface area contributed by atoms with Crippen molar-refractivity contribution in [2.45, 2.75) is 37.8 Å². The first-order valence-electron chi connectivity index (χ1n) is 8.57. The zero-order valence-corrected chi connectivity index (χ0v) is 13.5. The van der Waals surface area contributed by atoms with Crippen LogP contribution in [0.5, 0.6) is 0 Å². The summed E-state index contributed by atoms with van der Waals surface area (Å²) < 4.78 is 29.1. The molecule has 0 aromatic heterocycles. The van der Waals surface area contributed by atoms with E-state index < -0.39 is 11.8 Å². The van der Waals surface area contributed by atoms with Gasteiger partial charge in [-0.25, -0.2) is 8.78 Å². The van der Waals surface area contributed by atoms with Crippen LogP contribution in [0, 0.1) is 5.92 Å². The van der Waals surface area contributed by atoms with Crippen LogP contribution in [0.1, 0.15) is 24.8 Å². The minimum absolute atomic E-state index is 0.150. The van der Waals surface area contributed by atoms with Gasteiger partial charge in [-0.3, -0.25) is 4.90 Å². The van der Waals surface area contributed by atoms with Gasteiger partial charge in [0.05, 0.1) is 12.6 Å². The van der Waals surface area contributed by atoms with Crippen LogP contribution in [0.4, 0.5) is 8.78 Å². The summed E-state index contributed by atoms with van der Waals surface area (Å²) in [5.41, 5.74) is 1.09. The third kappa shape index (κ3) is 4.49. The second-order valence-electron chi connectivity index (χ2n) is 6.97. The van der Waals surface area contributed by atoms with E-state index in [1.165, 1.54) is 0 Å². The Morgan fingerprint density at radius 2 is 1.65 bits per heavy atom. The van der Waals surface area contributed by atoms with E-state index in [0.717, 1.165) is 25.2 Å². The van der Waals surface area contributed by atoms with Crippen LogP contribution in [-0.4, -0.2) is 59.7 Å². The summed E-state index contributed by atoms with van der Waals surface area (Å²) in [7, 11) is 0. The normalized spacial score (nSPS) is 27.2. The maximum atomic E-state index is 14.5. The first-order chi connectivity index (χ1) is 11.0. The number of hydrogen-bond acceptors (Lipinski definition) is 3. The Hall–Kier alpha value is -1.04. The summed E-state index contributed by atoms with van der Waals surface area (Å²) in [6, 6.07) is 9.82. The molecule has 0 radical (unpaired) electrons. The van der Waals surface area contributed by atoms with Crippen LogP contribution in [0.2, 0.25) is 0 Å². The molecule has 0 aliphatic carbocycles. The van der Waals surface area contributed by atoms with Crippen LogP contribution in [0.3, 0.4) is 0 Å². The molecule has 1 aromatic carbocycles. The molecule has 23 heavy (non-hydrogen) atoms. The van der Waals surface area contributed by atoms with Gasteiger partial charge < -0.3 is 10.0 Å². The third-order valence-corrected chi connectivity index (χ3v) is 5.11. The second-order valence-corrected chi connectivity index (χ2v) is 6.97. The number of benzene rings is 1. The highest BCUT2D eigenvalue weighted by atomic mass is 19.3. The molecule has 2 aliphatic rings. The van der Waals surface area contributed by atoms with E-state index in [1.807, 2.05) is 35.2 Å². The molecule has 1 aromatic rings. The maximum absolute atomic E-state index is 14.5. The van der Waals surface area contributed by atoms with Crippen molar-refractivity contribution in [1.29, 1.82) is 0 Å². The number of aliphatic hydroxyl groups is 1. The van der Waals surface area contributed by atoms with E-state index in [-0.39, 0.29) is 12.6 Å². The SMILES string of the molecule is OC1CCN(CC2CCN(Cc3ccccc3)CC2(F)F)CC1. The molecule has 1 unspecified atom stereocenters. The number of piperidine rings is 2. The molecule has 3 rings (SSSR count). The summed E-state index contributed by atoms with van der Waals surface area (Å²) in [5, 5.41) is 9.53. The van der Waals surface area contributed by atoms with Gasteiger partial charge in [0.1, 0.15) is 0 Å². The number of likely N-dealkylation sites (tertiary alicyclic amines) is 2. The van der Waals surface area contributed by atoms with Crippen LogP contribution in [-0.2, 0) is 6.54 Å². The van der Waals surface area contributed by atoms with Crippen LogP contribution in [0.15, 0.2) is 30.3 Å². The van der Waals surface area contributed by atoms with Gasteiger partial charge in [-0.2, -0.15) is 0 Å². The van der Waals surface area contributed by atoms with E-state index in [0.29, 0.717) is 32.4 Å². The molecule has 0 spiro atoms. The molecular weight excluding hydrogens is 298 g/mol. The summed E-state index contributed by atoms with van der Waals surface area (Å²) in [5.74, 6) is -3.20. The fourth-order valence-electron chi connectivity index (χ4n) is 3.67. The van der Waals surface area contributed by atoms with Gasteiger partial charge in [-0.05, 0) is 31.4 Å². The zero-order chi connectivity index (χ0) is 16.3. The van der Waals surface area contributed by atoms with Crippen molar-refractivity contribution >= 4 is 0 Å². The molecule has 2 fully saturated rings. The van der Waals surface area contributed by atoms with Crippen molar-refractivity contribution < 1.29 is 13.9 Å². The lowest BCUT2D eigenvalue weighted by Gasteiger charge is -2.41. The van der Waals surface area contributed by atoms with Gasteiger partial charge in [0.25, 0.3) is 5.92 Å². The number of alkyl halides is 2. The van der Waals surface area contributed by atoms with Crippen molar-refractivity contribution in [3.8, 4) is 0 Å². The lowest BCUT2D eigenvalue weighted by molar-refractivity contribution is -0.122. The molecule has 5 heteroatoms. The highest BCUT2D eigenvalue weighted by Crippen LogP contribution is 2.34. The Kier molecular flexibility index (Phi) is 5.29. The summed E-state index contributed by atoms with van der Waals surface area (Å²) in [6.07, 6.45) is 1.70. The summed E-state index contributed by atoms with van der Waals surface area (Å²) >= 11 is 0. The molecule has 3 nitrogen and oxygen atoms in total. The third-order valence-electron chi connectivity index (χ3n) is 5.11. The Bertz CT molecular complexity index is 489. The topological polar surface area (TPSA) is 26.7 Å². The fraction of sp³-hybridized carbons (Fsp3) is 0.667. The molecule has 2 saturated heterocycles. The monoisotopic (exact) mass is 324 g/mol. The molecule has 128 valence electrons. The number of rotatable bonds is 4. The minimum atomic E-state index is -2.64. The van der Waals surface area contributed by atoms with Crippen molar-refractivity contribution in [2.75, 3.05) is 32.7 Å². The second kappa shape index (κ2) is 7.24. The first kappa shape index (κ1) is 16.8. The highest BCUT2D eigenvalue weighted by molar-refractivity contribution is 5.14. The standard InChI is InChI=1S/C18H26F2N2O/c19-18(20)14-22(12-15-4-2-1-3-5-15)9-6-16(18)13-21-10-7-17(23)8-11-21/h1-5,16-17,23H,6-14H2. The predicted molar refractivity (Wildman–Crippen MR) is 86.5 cm³/mol. The van der Waals surface area contributed by atoms with E-state index in [9.17, 15) is 13.9 Å². The van der Waals surface area contributed by atoms with Gasteiger partial charge in [0.15, 0.2) is 0 Å². The van der Waals surface area contributed by atoms with Crippen molar-refractivity contribution in [3.63, 3.8) is 0 Å². The van der Waals surface area contributed by atoms with Gasteiger partial charge >= 0.3 is 0 Å². The number of aliphatic hydroxyl groups excluding tert-OH is 1. The van der Waals surface area contributed by atoms with Crippen LogP contribution >= 0.6 is 0 Å². The molecule has 1 atom stereocenters. The van der Waals surface area contributed by atoms with E-state index in [4.69, 9.17) is 0 Å². The average Bonchev–Trinajstić information content (AvgIpc) is 2.52. The van der Waals surface area contributed by atoms with Gasteiger partial charge in [-0.1, -0.05) is 30.3 Å². The van der Waals surface area contributed by atoms with Crippen LogP contribution < -0.4 is 0 Å². The van der Waals surface area contributed by atoms with Crippen molar-refractivity contribution in [3.05, 3.63) is 35.9 Å². The quantitative estimate of drug-likeness (QED) is 0.922.